The summed E-state index contributed by atoms with van der Waals surface area (Å²) in [5.41, 5.74) is 0. The van der Waals surface area contributed by atoms with Crippen LogP contribution in [0.2, 0.25) is 0 Å². The number of para-hydroxylation sites is 1. The third kappa shape index (κ3) is 2.51. The smallest absolute Gasteiger partial charge is 0.310 e. The number of aromatic hydroxyl groups is 1. The van der Waals surface area contributed by atoms with Crippen molar-refractivity contribution in [1.82, 2.24) is 4.31 Å². The number of methoxy groups -OCH3 is 1. The van der Waals surface area contributed by atoms with Gasteiger partial charge in [-0.2, -0.15) is 4.31 Å². The average molecular weight is 299 g/mol. The van der Waals surface area contributed by atoms with E-state index in [1.807, 2.05) is 6.92 Å². The number of sulfonamides is 1. The molecule has 0 aliphatic carbocycles. The van der Waals surface area contributed by atoms with E-state index in [0.29, 0.717) is 0 Å². The molecule has 0 radical (unpaired) electrons. The largest absolute Gasteiger partial charge is 0.507 e. The summed E-state index contributed by atoms with van der Waals surface area (Å²) in [5, 5.41) is 9.70. The minimum atomic E-state index is -3.80. The van der Waals surface area contributed by atoms with Gasteiger partial charge < -0.3 is 9.84 Å². The maximum atomic E-state index is 12.5. The van der Waals surface area contributed by atoms with Gasteiger partial charge >= 0.3 is 5.97 Å². The Morgan fingerprint density at radius 2 is 2.00 bits per heavy atom. The Kier molecular flexibility index (Phi) is 4.01. The number of phenolic OH excluding ortho intramolecular Hbond substituents is 1. The van der Waals surface area contributed by atoms with Gasteiger partial charge in [-0.3, -0.25) is 4.79 Å². The summed E-state index contributed by atoms with van der Waals surface area (Å²) >= 11 is 0. The summed E-state index contributed by atoms with van der Waals surface area (Å²) in [7, 11) is -2.51. The number of carbonyl (C=O) groups is 1. The highest BCUT2D eigenvalue weighted by Gasteiger charge is 2.41. The van der Waals surface area contributed by atoms with Gasteiger partial charge in [0.1, 0.15) is 10.6 Å². The fourth-order valence-electron chi connectivity index (χ4n) is 2.39. The highest BCUT2D eigenvalue weighted by molar-refractivity contribution is 7.89. The van der Waals surface area contributed by atoms with Crippen LogP contribution < -0.4 is 0 Å². The molecular weight excluding hydrogens is 282 g/mol. The molecule has 1 heterocycles. The lowest BCUT2D eigenvalue weighted by molar-refractivity contribution is -0.145. The third-order valence-corrected chi connectivity index (χ3v) is 5.44. The van der Waals surface area contributed by atoms with Gasteiger partial charge in [-0.1, -0.05) is 19.1 Å². The summed E-state index contributed by atoms with van der Waals surface area (Å²) in [5.74, 6) is -1.29. The Bertz CT molecular complexity index is 613. The molecule has 110 valence electrons. The molecule has 20 heavy (non-hydrogen) atoms. The van der Waals surface area contributed by atoms with Crippen LogP contribution in [-0.4, -0.2) is 44.0 Å². The Hall–Kier alpha value is -1.60. The molecule has 2 rings (SSSR count). The van der Waals surface area contributed by atoms with Gasteiger partial charge in [0.2, 0.25) is 10.0 Å². The van der Waals surface area contributed by atoms with Gasteiger partial charge in [0.25, 0.3) is 0 Å². The van der Waals surface area contributed by atoms with Crippen molar-refractivity contribution in [3.05, 3.63) is 24.3 Å². The zero-order valence-electron chi connectivity index (χ0n) is 11.3. The van der Waals surface area contributed by atoms with E-state index >= 15 is 0 Å². The lowest BCUT2D eigenvalue weighted by Gasteiger charge is -2.16. The highest BCUT2D eigenvalue weighted by Crippen LogP contribution is 2.32. The molecule has 0 bridgehead atoms. The SMILES string of the molecule is COC(=O)C1CN(S(=O)(=O)c2ccccc2O)CC1C. The Balaban J connectivity index is 2.29. The van der Waals surface area contributed by atoms with E-state index in [0.717, 1.165) is 0 Å². The molecule has 1 aromatic carbocycles. The van der Waals surface area contributed by atoms with Crippen LogP contribution in [-0.2, 0) is 19.6 Å². The number of carbonyl (C=O) groups excluding carboxylic acids is 1. The zero-order valence-corrected chi connectivity index (χ0v) is 12.1. The molecule has 1 aromatic rings. The van der Waals surface area contributed by atoms with Crippen molar-refractivity contribution in [2.45, 2.75) is 11.8 Å². The monoisotopic (exact) mass is 299 g/mol. The Morgan fingerprint density at radius 3 is 2.60 bits per heavy atom. The van der Waals surface area contributed by atoms with Gasteiger partial charge in [-0.25, -0.2) is 8.42 Å². The lowest BCUT2D eigenvalue weighted by Crippen LogP contribution is -2.30. The number of nitrogens with zero attached hydrogens (tertiary/aromatic N) is 1. The summed E-state index contributed by atoms with van der Waals surface area (Å²) in [6, 6.07) is 5.77. The van der Waals surface area contributed by atoms with E-state index in [2.05, 4.69) is 4.74 Å². The molecule has 0 spiro atoms. The summed E-state index contributed by atoms with van der Waals surface area (Å²) < 4.78 is 30.8. The van der Waals surface area contributed by atoms with Crippen LogP contribution >= 0.6 is 0 Å². The molecule has 2 unspecified atom stereocenters. The zero-order chi connectivity index (χ0) is 14.9. The lowest BCUT2D eigenvalue weighted by atomic mass is 9.99. The molecule has 7 heteroatoms. The van der Waals surface area contributed by atoms with Crippen LogP contribution in [0.3, 0.4) is 0 Å². The standard InChI is InChI=1S/C13H17NO5S/c1-9-7-14(8-10(9)13(16)19-2)20(17,18)12-6-4-3-5-11(12)15/h3-6,9-10,15H,7-8H2,1-2H3. The number of esters is 1. The average Bonchev–Trinajstić information content (AvgIpc) is 2.81. The maximum Gasteiger partial charge on any atom is 0.310 e. The molecule has 0 amide bonds. The van der Waals surface area contributed by atoms with E-state index in [9.17, 15) is 18.3 Å². The minimum absolute atomic E-state index is 0.0739. The van der Waals surface area contributed by atoms with Gasteiger partial charge in [0.15, 0.2) is 0 Å². The van der Waals surface area contributed by atoms with Gasteiger partial charge in [-0.15, -0.1) is 0 Å². The van der Waals surface area contributed by atoms with Crippen LogP contribution in [0, 0.1) is 11.8 Å². The molecule has 1 fully saturated rings. The normalized spacial score (nSPS) is 23.7. The van der Waals surface area contributed by atoms with E-state index in [1.54, 1.807) is 12.1 Å². The van der Waals surface area contributed by atoms with Crippen molar-refractivity contribution in [3.63, 3.8) is 0 Å². The first kappa shape index (κ1) is 14.8. The van der Waals surface area contributed by atoms with Gasteiger partial charge in [0, 0.05) is 13.1 Å². The molecule has 1 saturated heterocycles. The molecule has 1 aliphatic heterocycles. The summed E-state index contributed by atoms with van der Waals surface area (Å²) in [4.78, 5) is 11.5. The molecule has 0 aromatic heterocycles. The van der Waals surface area contributed by atoms with Crippen LogP contribution in [0.15, 0.2) is 29.2 Å². The molecule has 1 aliphatic rings. The Morgan fingerprint density at radius 1 is 1.35 bits per heavy atom. The van der Waals surface area contributed by atoms with Crippen molar-refractivity contribution < 1.29 is 23.1 Å². The number of benzene rings is 1. The number of ether oxygens (including phenoxy) is 1. The predicted octanol–water partition coefficient (Wildman–Crippen LogP) is 0.822. The fraction of sp³-hybridized carbons (Fsp3) is 0.462. The first-order valence-electron chi connectivity index (χ1n) is 6.24. The second-order valence-electron chi connectivity index (χ2n) is 4.90. The molecule has 1 N–H and O–H groups in total. The van der Waals surface area contributed by atoms with Crippen LogP contribution in [0.5, 0.6) is 5.75 Å². The topological polar surface area (TPSA) is 83.9 Å². The second kappa shape index (κ2) is 5.41. The van der Waals surface area contributed by atoms with Crippen LogP contribution in [0.4, 0.5) is 0 Å². The Labute approximate surface area is 118 Å². The van der Waals surface area contributed by atoms with Gasteiger partial charge in [-0.05, 0) is 18.1 Å². The quantitative estimate of drug-likeness (QED) is 0.835. The van der Waals surface area contributed by atoms with Crippen molar-refractivity contribution in [1.29, 1.82) is 0 Å². The van der Waals surface area contributed by atoms with E-state index in [1.165, 1.54) is 23.5 Å². The first-order chi connectivity index (χ1) is 9.37. The van der Waals surface area contributed by atoms with Gasteiger partial charge in [0.05, 0.1) is 13.0 Å². The molecule has 0 saturated carbocycles. The van der Waals surface area contributed by atoms with Crippen molar-refractivity contribution >= 4 is 16.0 Å². The maximum absolute atomic E-state index is 12.5. The second-order valence-corrected chi connectivity index (χ2v) is 6.80. The molecule has 6 nitrogen and oxygen atoms in total. The summed E-state index contributed by atoms with van der Waals surface area (Å²) in [6.07, 6.45) is 0. The van der Waals surface area contributed by atoms with Crippen molar-refractivity contribution in [2.24, 2.45) is 11.8 Å². The van der Waals surface area contributed by atoms with E-state index in [-0.39, 0.29) is 29.7 Å². The highest BCUT2D eigenvalue weighted by atomic mass is 32.2. The number of phenols is 1. The van der Waals surface area contributed by atoms with Crippen molar-refractivity contribution in [2.75, 3.05) is 20.2 Å². The third-order valence-electron chi connectivity index (χ3n) is 3.57. The van der Waals surface area contributed by atoms with Crippen molar-refractivity contribution in [3.8, 4) is 5.75 Å². The van der Waals surface area contributed by atoms with E-state index in [4.69, 9.17) is 0 Å². The fourth-order valence-corrected chi connectivity index (χ4v) is 4.04. The minimum Gasteiger partial charge on any atom is -0.507 e. The molecular formula is C13H17NO5S. The first-order valence-corrected chi connectivity index (χ1v) is 7.68. The number of hydrogen-bond acceptors (Lipinski definition) is 5. The number of hydrogen-bond donors (Lipinski definition) is 1. The summed E-state index contributed by atoms with van der Waals surface area (Å²) in [6.45, 7) is 2.11. The van der Waals surface area contributed by atoms with E-state index < -0.39 is 21.9 Å². The number of rotatable bonds is 3. The van der Waals surface area contributed by atoms with Crippen LogP contribution in [0.1, 0.15) is 6.92 Å². The van der Waals surface area contributed by atoms with Crippen LogP contribution in [0.25, 0.3) is 0 Å². The molecule has 2 atom stereocenters. The predicted molar refractivity (Wildman–Crippen MR) is 71.5 cm³/mol.